The molecule has 3 aliphatic rings. The molecule has 42 heavy (non-hydrogen) atoms. The maximum absolute atomic E-state index is 13.7. The summed E-state index contributed by atoms with van der Waals surface area (Å²) in [6, 6.07) is 14.2. The number of carbonyl (C=O) groups excluding carboxylic acids is 2. The summed E-state index contributed by atoms with van der Waals surface area (Å²) < 4.78 is 6.32. The molecule has 3 atom stereocenters. The highest BCUT2D eigenvalue weighted by Gasteiger charge is 2.41. The minimum Gasteiger partial charge on any atom is -0.368 e. The Morgan fingerprint density at radius 1 is 0.952 bits per heavy atom. The predicted octanol–water partition coefficient (Wildman–Crippen LogP) is 6.91. The summed E-state index contributed by atoms with van der Waals surface area (Å²) in [6.07, 6.45) is 4.39. The molecule has 9 heteroatoms. The maximum atomic E-state index is 13.7. The lowest BCUT2D eigenvalue weighted by Crippen LogP contribution is -2.53. The molecule has 1 aromatic heterocycles. The van der Waals surface area contributed by atoms with Crippen molar-refractivity contribution in [2.24, 2.45) is 0 Å². The highest BCUT2D eigenvalue weighted by atomic mass is 35.5. The fourth-order valence-electron chi connectivity index (χ4n) is 7.04. The standard InChI is InChI=1S/C33H37Cl2N3O3S/c1-21-11-22(2)13-25(12-21)33(40)36-8-9-37(31(18-36)24-3-6-29(34)30(35)14-24)32(39)19-41-28-15-26-4-5-27(16-28)38(26)17-23-7-10-42-20-23/h3,6-7,10-14,20,26-28,31H,4-5,8-9,15-19H2,1-2H3/t26?,27?,28?,31-/m1/s1. The molecule has 6 rings (SSSR count). The zero-order chi connectivity index (χ0) is 29.4. The summed E-state index contributed by atoms with van der Waals surface area (Å²) in [5.74, 6) is -0.0856. The van der Waals surface area contributed by atoms with Crippen molar-refractivity contribution in [3.05, 3.63) is 91.1 Å². The van der Waals surface area contributed by atoms with Crippen LogP contribution >= 0.6 is 34.5 Å². The number of halogens is 2. The molecule has 6 nitrogen and oxygen atoms in total. The van der Waals surface area contributed by atoms with E-state index in [0.717, 1.165) is 36.1 Å². The molecule has 0 spiro atoms. The third-order valence-corrected chi connectivity index (χ3v) is 10.5. The third kappa shape index (κ3) is 6.41. The normalized spacial score (nSPS) is 24.3. The molecular formula is C33H37Cl2N3O3S. The topological polar surface area (TPSA) is 53.1 Å². The number of thiophene rings is 1. The molecule has 3 aromatic rings. The van der Waals surface area contributed by atoms with E-state index in [1.165, 1.54) is 18.4 Å². The van der Waals surface area contributed by atoms with Crippen LogP contribution in [0.2, 0.25) is 10.0 Å². The van der Waals surface area contributed by atoms with E-state index >= 15 is 0 Å². The minimum absolute atomic E-state index is 0.0279. The van der Waals surface area contributed by atoms with Crippen LogP contribution in [0, 0.1) is 13.8 Å². The first kappa shape index (κ1) is 29.6. The second kappa shape index (κ2) is 12.7. The van der Waals surface area contributed by atoms with Crippen molar-refractivity contribution < 1.29 is 14.3 Å². The van der Waals surface area contributed by atoms with E-state index in [0.29, 0.717) is 47.3 Å². The Balaban J connectivity index is 1.13. The van der Waals surface area contributed by atoms with Crippen LogP contribution in [0.5, 0.6) is 0 Å². The van der Waals surface area contributed by atoms with Gasteiger partial charge in [0.2, 0.25) is 5.91 Å². The Hall–Kier alpha value is -2.42. The predicted molar refractivity (Wildman–Crippen MR) is 168 cm³/mol. The van der Waals surface area contributed by atoms with Gasteiger partial charge in [0.15, 0.2) is 0 Å². The van der Waals surface area contributed by atoms with E-state index in [2.05, 4.69) is 27.8 Å². The van der Waals surface area contributed by atoms with Crippen LogP contribution < -0.4 is 0 Å². The van der Waals surface area contributed by atoms with Crippen molar-refractivity contribution in [2.45, 2.75) is 70.3 Å². The molecule has 0 radical (unpaired) electrons. The van der Waals surface area contributed by atoms with Crippen molar-refractivity contribution in [1.29, 1.82) is 0 Å². The lowest BCUT2D eigenvalue weighted by Gasteiger charge is -2.42. The summed E-state index contributed by atoms with van der Waals surface area (Å²) in [6.45, 7) is 6.29. The van der Waals surface area contributed by atoms with Gasteiger partial charge in [-0.3, -0.25) is 14.5 Å². The van der Waals surface area contributed by atoms with E-state index < -0.39 is 0 Å². The van der Waals surface area contributed by atoms with Gasteiger partial charge in [-0.25, -0.2) is 0 Å². The first-order chi connectivity index (χ1) is 20.2. The number of aryl methyl sites for hydroxylation is 2. The summed E-state index contributed by atoms with van der Waals surface area (Å²) in [4.78, 5) is 33.6. The van der Waals surface area contributed by atoms with E-state index in [9.17, 15) is 9.59 Å². The molecule has 4 heterocycles. The van der Waals surface area contributed by atoms with Crippen molar-refractivity contribution in [2.75, 3.05) is 26.2 Å². The van der Waals surface area contributed by atoms with Crippen molar-refractivity contribution in [3.63, 3.8) is 0 Å². The van der Waals surface area contributed by atoms with Crippen LogP contribution in [0.3, 0.4) is 0 Å². The Morgan fingerprint density at radius 2 is 1.69 bits per heavy atom. The zero-order valence-corrected chi connectivity index (χ0v) is 26.4. The Labute approximate surface area is 262 Å². The molecule has 3 fully saturated rings. The van der Waals surface area contributed by atoms with Crippen LogP contribution in [0.4, 0.5) is 0 Å². The second-order valence-corrected chi connectivity index (χ2v) is 13.6. The Bertz CT molecular complexity index is 1410. The number of fused-ring (bicyclic) bond motifs is 2. The van der Waals surface area contributed by atoms with Crippen molar-refractivity contribution >= 4 is 46.4 Å². The molecule has 2 unspecified atom stereocenters. The first-order valence-electron chi connectivity index (χ1n) is 14.8. The molecular weight excluding hydrogens is 589 g/mol. The number of rotatable bonds is 7. The van der Waals surface area contributed by atoms with Crippen molar-refractivity contribution in [3.8, 4) is 0 Å². The highest BCUT2D eigenvalue weighted by Crippen LogP contribution is 2.38. The molecule has 0 aliphatic carbocycles. The van der Waals surface area contributed by atoms with Gasteiger partial charge in [-0.2, -0.15) is 11.3 Å². The van der Waals surface area contributed by atoms with Gasteiger partial charge < -0.3 is 14.5 Å². The van der Waals surface area contributed by atoms with Crippen molar-refractivity contribution in [1.82, 2.24) is 14.7 Å². The largest absolute Gasteiger partial charge is 0.368 e. The van der Waals surface area contributed by atoms with Gasteiger partial charge in [0.05, 0.1) is 22.2 Å². The molecule has 0 saturated carbocycles. The van der Waals surface area contributed by atoms with Crippen LogP contribution in [-0.2, 0) is 16.1 Å². The number of carbonyl (C=O) groups is 2. The third-order valence-electron chi connectivity index (χ3n) is 9.01. The molecule has 2 bridgehead atoms. The minimum atomic E-state index is -0.344. The molecule has 2 amide bonds. The maximum Gasteiger partial charge on any atom is 0.254 e. The SMILES string of the molecule is Cc1cc(C)cc(C(=O)N2CCN(C(=O)COC3CC4CCC(C3)N4Cc3ccsc3)[C@@H](c3ccc(Cl)c(Cl)c3)C2)c1. The van der Waals surface area contributed by atoms with E-state index in [1.54, 1.807) is 23.5 Å². The average molecular weight is 627 g/mol. The Morgan fingerprint density at radius 3 is 2.36 bits per heavy atom. The van der Waals surface area contributed by atoms with Gasteiger partial charge in [-0.1, -0.05) is 46.5 Å². The Kier molecular flexibility index (Phi) is 8.94. The van der Waals surface area contributed by atoms with Crippen LogP contribution in [-0.4, -0.2) is 70.9 Å². The van der Waals surface area contributed by atoms with Gasteiger partial charge in [0.25, 0.3) is 5.91 Å². The zero-order valence-electron chi connectivity index (χ0n) is 24.1. The number of benzene rings is 2. The lowest BCUT2D eigenvalue weighted by molar-refractivity contribution is -0.144. The number of amides is 2. The van der Waals surface area contributed by atoms with Gasteiger partial charge in [-0.05, 0) is 91.7 Å². The smallest absolute Gasteiger partial charge is 0.254 e. The number of piperidine rings is 1. The van der Waals surface area contributed by atoms with Gasteiger partial charge >= 0.3 is 0 Å². The molecule has 3 saturated heterocycles. The molecule has 2 aromatic carbocycles. The molecule has 3 aliphatic heterocycles. The van der Waals surface area contributed by atoms with Gasteiger partial charge in [0.1, 0.15) is 6.61 Å². The number of hydrogen-bond acceptors (Lipinski definition) is 5. The summed E-state index contributed by atoms with van der Waals surface area (Å²) in [7, 11) is 0. The molecule has 222 valence electrons. The lowest BCUT2D eigenvalue weighted by atomic mass is 9.99. The van der Waals surface area contributed by atoms with Gasteiger partial charge in [0, 0.05) is 43.8 Å². The van der Waals surface area contributed by atoms with Crippen LogP contribution in [0.15, 0.2) is 53.2 Å². The van der Waals surface area contributed by atoms with Crippen LogP contribution in [0.25, 0.3) is 0 Å². The fraction of sp³-hybridized carbons (Fsp3) is 0.455. The monoisotopic (exact) mass is 625 g/mol. The highest BCUT2D eigenvalue weighted by molar-refractivity contribution is 7.07. The summed E-state index contributed by atoms with van der Waals surface area (Å²) >= 11 is 14.4. The number of piperazine rings is 1. The second-order valence-electron chi connectivity index (χ2n) is 12.0. The van der Waals surface area contributed by atoms with E-state index in [-0.39, 0.29) is 30.6 Å². The first-order valence-corrected chi connectivity index (χ1v) is 16.5. The van der Waals surface area contributed by atoms with Crippen LogP contribution in [0.1, 0.15) is 64.3 Å². The summed E-state index contributed by atoms with van der Waals surface area (Å²) in [5.41, 5.74) is 5.01. The average Bonchev–Trinajstić information content (AvgIpc) is 3.56. The number of hydrogen-bond donors (Lipinski definition) is 0. The number of ether oxygens (including phenoxy) is 1. The van der Waals surface area contributed by atoms with Gasteiger partial charge in [-0.15, -0.1) is 0 Å². The van der Waals surface area contributed by atoms with E-state index in [4.69, 9.17) is 27.9 Å². The quantitative estimate of drug-likeness (QED) is 0.286. The summed E-state index contributed by atoms with van der Waals surface area (Å²) in [5, 5.41) is 5.27. The fourth-order valence-corrected chi connectivity index (χ4v) is 8.00. The van der Waals surface area contributed by atoms with E-state index in [1.807, 2.05) is 41.8 Å². The number of nitrogens with zero attached hydrogens (tertiary/aromatic N) is 3. The molecule has 0 N–H and O–H groups in total.